The Morgan fingerprint density at radius 3 is 2.72 bits per heavy atom. The second-order valence-electron chi connectivity index (χ2n) is 5.80. The number of thiazole rings is 1. The maximum absolute atomic E-state index is 12.8. The van der Waals surface area contributed by atoms with Crippen molar-refractivity contribution in [3.05, 3.63) is 62.9 Å². The van der Waals surface area contributed by atoms with Crippen LogP contribution in [0.4, 0.5) is 5.69 Å². The van der Waals surface area contributed by atoms with Gasteiger partial charge in [0.25, 0.3) is 11.6 Å². The van der Waals surface area contributed by atoms with Gasteiger partial charge >= 0.3 is 5.97 Å². The number of benzene rings is 2. The van der Waals surface area contributed by atoms with Crippen LogP contribution < -0.4 is 4.80 Å². The zero-order chi connectivity index (χ0) is 21.0. The molecule has 10 heteroatoms. The number of non-ortho nitro benzene ring substituents is 1. The normalized spacial score (nSPS) is 11.6. The average molecular weight is 431 g/mol. The van der Waals surface area contributed by atoms with Gasteiger partial charge in [0.2, 0.25) is 0 Å². The number of nitro groups is 1. The SMILES string of the molecule is CCOC(=O)Cn1c(=NC(=O)c2ccccc2SC)sc2ccc([N+](=O)[O-])cc21. The Balaban J connectivity index is 2.17. The predicted octanol–water partition coefficient (Wildman–Crippen LogP) is 3.64. The van der Waals surface area contributed by atoms with Crippen molar-refractivity contribution < 1.29 is 19.2 Å². The fourth-order valence-corrected chi connectivity index (χ4v) is 4.31. The summed E-state index contributed by atoms with van der Waals surface area (Å²) in [5.74, 6) is -0.967. The maximum Gasteiger partial charge on any atom is 0.326 e. The first-order valence-corrected chi connectivity index (χ1v) is 10.6. The molecule has 1 heterocycles. The van der Waals surface area contributed by atoms with Crippen LogP contribution in [0.5, 0.6) is 0 Å². The zero-order valence-corrected chi connectivity index (χ0v) is 17.3. The fourth-order valence-electron chi connectivity index (χ4n) is 2.71. The van der Waals surface area contributed by atoms with Gasteiger partial charge in [0.05, 0.1) is 27.3 Å². The van der Waals surface area contributed by atoms with Crippen molar-refractivity contribution in [3.63, 3.8) is 0 Å². The monoisotopic (exact) mass is 431 g/mol. The van der Waals surface area contributed by atoms with Crippen LogP contribution in [0.3, 0.4) is 0 Å². The molecule has 1 aromatic heterocycles. The number of aromatic nitrogens is 1. The van der Waals surface area contributed by atoms with E-state index in [-0.39, 0.29) is 23.6 Å². The van der Waals surface area contributed by atoms with E-state index in [0.717, 1.165) is 4.90 Å². The van der Waals surface area contributed by atoms with Crippen molar-refractivity contribution in [2.45, 2.75) is 18.4 Å². The van der Waals surface area contributed by atoms with Gasteiger partial charge in [0.15, 0.2) is 4.80 Å². The molecule has 8 nitrogen and oxygen atoms in total. The second-order valence-corrected chi connectivity index (χ2v) is 7.66. The van der Waals surface area contributed by atoms with Gasteiger partial charge in [-0.05, 0) is 31.4 Å². The third-order valence-corrected chi connectivity index (χ3v) is 5.86. The van der Waals surface area contributed by atoms with E-state index >= 15 is 0 Å². The lowest BCUT2D eigenvalue weighted by Crippen LogP contribution is -2.23. The zero-order valence-electron chi connectivity index (χ0n) is 15.7. The topological polar surface area (TPSA) is 104 Å². The molecule has 150 valence electrons. The Morgan fingerprint density at radius 1 is 1.28 bits per heavy atom. The van der Waals surface area contributed by atoms with E-state index in [0.29, 0.717) is 15.8 Å². The van der Waals surface area contributed by atoms with E-state index < -0.39 is 16.8 Å². The molecule has 0 spiro atoms. The van der Waals surface area contributed by atoms with Crippen LogP contribution in [0.15, 0.2) is 52.4 Å². The molecule has 0 fully saturated rings. The molecular formula is C19H17N3O5S2. The van der Waals surface area contributed by atoms with Crippen LogP contribution in [0.2, 0.25) is 0 Å². The van der Waals surface area contributed by atoms with Gasteiger partial charge < -0.3 is 9.30 Å². The molecule has 0 saturated carbocycles. The quantitative estimate of drug-likeness (QED) is 0.255. The number of thioether (sulfide) groups is 1. The smallest absolute Gasteiger partial charge is 0.326 e. The van der Waals surface area contributed by atoms with Gasteiger partial charge in [-0.1, -0.05) is 23.5 Å². The third-order valence-electron chi connectivity index (χ3n) is 4.00. The number of rotatable bonds is 6. The summed E-state index contributed by atoms with van der Waals surface area (Å²) in [6.07, 6.45) is 1.87. The van der Waals surface area contributed by atoms with E-state index in [1.165, 1.54) is 39.8 Å². The molecule has 0 saturated heterocycles. The molecular weight excluding hydrogens is 414 g/mol. The number of nitrogens with zero attached hydrogens (tertiary/aromatic N) is 3. The molecule has 0 radical (unpaired) electrons. The van der Waals surface area contributed by atoms with Crippen LogP contribution >= 0.6 is 23.1 Å². The van der Waals surface area contributed by atoms with Gasteiger partial charge in [-0.3, -0.25) is 19.7 Å². The predicted molar refractivity (Wildman–Crippen MR) is 111 cm³/mol. The number of hydrogen-bond acceptors (Lipinski definition) is 7. The Hall–Kier alpha value is -2.98. The Morgan fingerprint density at radius 2 is 2.03 bits per heavy atom. The van der Waals surface area contributed by atoms with Crippen LogP contribution in [0.25, 0.3) is 10.2 Å². The summed E-state index contributed by atoms with van der Waals surface area (Å²) in [5.41, 5.74) is 0.784. The summed E-state index contributed by atoms with van der Waals surface area (Å²) < 4.78 is 7.15. The number of amides is 1. The van der Waals surface area contributed by atoms with Crippen molar-refractivity contribution in [1.29, 1.82) is 0 Å². The second kappa shape index (κ2) is 9.01. The van der Waals surface area contributed by atoms with Gasteiger partial charge in [0.1, 0.15) is 6.54 Å². The standard InChI is InChI=1S/C19H17N3O5S2/c1-3-27-17(23)11-21-14-10-12(22(25)26)8-9-16(14)29-19(21)20-18(24)13-6-4-5-7-15(13)28-2/h4-10H,3,11H2,1-2H3. The Labute approximate surface area is 174 Å². The van der Waals surface area contributed by atoms with Crippen molar-refractivity contribution in [1.82, 2.24) is 4.57 Å². The van der Waals surface area contributed by atoms with E-state index in [1.807, 2.05) is 18.4 Å². The van der Waals surface area contributed by atoms with E-state index in [9.17, 15) is 19.7 Å². The Kier molecular flexibility index (Phi) is 6.45. The molecule has 3 aromatic rings. The van der Waals surface area contributed by atoms with E-state index in [2.05, 4.69) is 4.99 Å². The first-order chi connectivity index (χ1) is 13.9. The molecule has 0 unspecified atom stereocenters. The van der Waals surface area contributed by atoms with Crippen molar-refractivity contribution in [2.75, 3.05) is 12.9 Å². The maximum atomic E-state index is 12.8. The van der Waals surface area contributed by atoms with Crippen LogP contribution in [-0.2, 0) is 16.1 Å². The highest BCUT2D eigenvalue weighted by atomic mass is 32.2. The van der Waals surface area contributed by atoms with Gasteiger partial charge in [0, 0.05) is 17.0 Å². The summed E-state index contributed by atoms with van der Waals surface area (Å²) in [5, 5.41) is 11.1. The minimum atomic E-state index is -0.517. The lowest BCUT2D eigenvalue weighted by molar-refractivity contribution is -0.384. The molecule has 2 aromatic carbocycles. The number of hydrogen-bond donors (Lipinski definition) is 0. The molecule has 0 bridgehead atoms. The van der Waals surface area contributed by atoms with Crippen LogP contribution in [0, 0.1) is 10.1 Å². The molecule has 1 amide bonds. The lowest BCUT2D eigenvalue weighted by Gasteiger charge is -2.05. The van der Waals surface area contributed by atoms with Gasteiger partial charge in [-0.2, -0.15) is 4.99 Å². The first-order valence-electron chi connectivity index (χ1n) is 8.60. The number of carbonyl (C=O) groups excluding carboxylic acids is 2. The summed E-state index contributed by atoms with van der Waals surface area (Å²) in [6.45, 7) is 1.69. The van der Waals surface area contributed by atoms with Crippen molar-refractivity contribution in [3.8, 4) is 0 Å². The molecule has 0 N–H and O–H groups in total. The molecule has 0 aliphatic carbocycles. The minimum absolute atomic E-state index is 0.112. The average Bonchev–Trinajstić information content (AvgIpc) is 3.04. The minimum Gasteiger partial charge on any atom is -0.465 e. The molecule has 29 heavy (non-hydrogen) atoms. The highest BCUT2D eigenvalue weighted by molar-refractivity contribution is 7.98. The number of ether oxygens (including phenoxy) is 1. The fraction of sp³-hybridized carbons (Fsp3) is 0.211. The summed E-state index contributed by atoms with van der Waals surface area (Å²) in [7, 11) is 0. The summed E-state index contributed by atoms with van der Waals surface area (Å²) in [6, 6.07) is 11.4. The van der Waals surface area contributed by atoms with E-state index in [1.54, 1.807) is 25.1 Å². The van der Waals surface area contributed by atoms with Gasteiger partial charge in [-0.15, -0.1) is 11.8 Å². The lowest BCUT2D eigenvalue weighted by atomic mass is 10.2. The molecule has 0 aliphatic heterocycles. The first kappa shape index (κ1) is 20.7. The van der Waals surface area contributed by atoms with Crippen molar-refractivity contribution >= 4 is 50.9 Å². The highest BCUT2D eigenvalue weighted by Crippen LogP contribution is 2.24. The van der Waals surface area contributed by atoms with Crippen LogP contribution in [0.1, 0.15) is 17.3 Å². The van der Waals surface area contributed by atoms with Gasteiger partial charge in [-0.25, -0.2) is 0 Å². The van der Waals surface area contributed by atoms with E-state index in [4.69, 9.17) is 4.74 Å². The molecule has 3 rings (SSSR count). The Bertz CT molecular complexity index is 1170. The number of nitro benzene ring substituents is 1. The largest absolute Gasteiger partial charge is 0.465 e. The number of esters is 1. The molecule has 0 atom stereocenters. The third kappa shape index (κ3) is 4.54. The number of carbonyl (C=O) groups is 2. The van der Waals surface area contributed by atoms with Crippen LogP contribution in [-0.4, -0.2) is 34.2 Å². The highest BCUT2D eigenvalue weighted by Gasteiger charge is 2.17. The number of fused-ring (bicyclic) bond motifs is 1. The molecule has 0 aliphatic rings. The van der Waals surface area contributed by atoms with Crippen molar-refractivity contribution in [2.24, 2.45) is 4.99 Å². The summed E-state index contributed by atoms with van der Waals surface area (Å²) >= 11 is 2.61. The summed E-state index contributed by atoms with van der Waals surface area (Å²) in [4.78, 5) is 40.8.